The first-order valence-electron chi connectivity index (χ1n) is 15.9. The molecule has 11 nitrogen and oxygen atoms in total. The number of rotatable bonds is 8. The van der Waals surface area contributed by atoms with E-state index in [4.69, 9.17) is 35.5 Å². The average Bonchev–Trinajstić information content (AvgIpc) is 3.76. The largest absolute Gasteiger partial charge is 0.494 e. The summed E-state index contributed by atoms with van der Waals surface area (Å²) < 4.78 is 26.6. The highest BCUT2D eigenvalue weighted by Crippen LogP contribution is 2.51. The van der Waals surface area contributed by atoms with E-state index >= 15 is 0 Å². The van der Waals surface area contributed by atoms with Crippen LogP contribution in [0.3, 0.4) is 0 Å². The van der Waals surface area contributed by atoms with E-state index in [1.54, 1.807) is 31.5 Å². The number of hydrogen-bond acceptors (Lipinski definition) is 9. The predicted octanol–water partition coefficient (Wildman–Crippen LogP) is 5.47. The summed E-state index contributed by atoms with van der Waals surface area (Å²) in [5, 5.41) is 10.4. The van der Waals surface area contributed by atoms with Crippen LogP contribution in [0.15, 0.2) is 48.7 Å². The van der Waals surface area contributed by atoms with Crippen molar-refractivity contribution in [3.63, 3.8) is 0 Å². The predicted molar refractivity (Wildman–Crippen MR) is 171 cm³/mol. The number of nitrogens with zero attached hydrogens (tertiary/aromatic N) is 5. The summed E-state index contributed by atoms with van der Waals surface area (Å²) in [5.74, 6) is 0.760. The van der Waals surface area contributed by atoms with Gasteiger partial charge in [-0.3, -0.25) is 9.88 Å². The van der Waals surface area contributed by atoms with Crippen molar-refractivity contribution in [1.82, 2.24) is 19.4 Å². The number of fused-ring (bicyclic) bond motifs is 3. The maximum absolute atomic E-state index is 12.0. The summed E-state index contributed by atoms with van der Waals surface area (Å²) in [6.45, 7) is 5.55. The van der Waals surface area contributed by atoms with Gasteiger partial charge in [-0.05, 0) is 62.1 Å². The van der Waals surface area contributed by atoms with Crippen LogP contribution in [0.2, 0.25) is 5.02 Å². The van der Waals surface area contributed by atoms with Crippen molar-refractivity contribution in [2.45, 2.75) is 69.7 Å². The van der Waals surface area contributed by atoms with Crippen LogP contribution in [0.1, 0.15) is 54.5 Å². The minimum atomic E-state index is -1.05. The van der Waals surface area contributed by atoms with E-state index < -0.39 is 11.8 Å². The second-order valence-corrected chi connectivity index (χ2v) is 13.1. The molecule has 0 amide bonds. The lowest BCUT2D eigenvalue weighted by atomic mass is 9.81. The van der Waals surface area contributed by atoms with Gasteiger partial charge in [0.15, 0.2) is 11.5 Å². The normalized spacial score (nSPS) is 25.5. The minimum absolute atomic E-state index is 0.0695. The summed E-state index contributed by atoms with van der Waals surface area (Å²) in [6, 6.07) is 13.6. The zero-order valence-electron chi connectivity index (χ0n) is 25.8. The second kappa shape index (κ2) is 11.3. The van der Waals surface area contributed by atoms with E-state index in [0.717, 1.165) is 68.2 Å². The summed E-state index contributed by atoms with van der Waals surface area (Å²) in [6.07, 6.45) is 5.82. The molecule has 5 heterocycles. The fraction of sp³-hybridized carbons (Fsp3) is 0.441. The lowest BCUT2D eigenvalue weighted by Crippen LogP contribution is -2.64. The van der Waals surface area contributed by atoms with E-state index in [0.29, 0.717) is 52.9 Å². The van der Waals surface area contributed by atoms with Gasteiger partial charge in [-0.15, -0.1) is 0 Å². The zero-order valence-corrected chi connectivity index (χ0v) is 26.6. The van der Waals surface area contributed by atoms with E-state index in [9.17, 15) is 9.90 Å². The van der Waals surface area contributed by atoms with Crippen LogP contribution in [-0.4, -0.2) is 75.5 Å². The molecule has 1 saturated carbocycles. The molecule has 2 aromatic carbocycles. The molecule has 8 rings (SSSR count). The number of para-hydroxylation sites is 1. The van der Waals surface area contributed by atoms with Crippen molar-refractivity contribution >= 4 is 34.3 Å². The second-order valence-electron chi connectivity index (χ2n) is 12.6. The van der Waals surface area contributed by atoms with Gasteiger partial charge in [-0.2, -0.15) is 0 Å². The molecular formula is C34H36ClN5O6. The third-order valence-electron chi connectivity index (χ3n) is 9.88. The number of carboxylic acids is 1. The molecule has 2 saturated heterocycles. The average molecular weight is 646 g/mol. The summed E-state index contributed by atoms with van der Waals surface area (Å²) in [7, 11) is 1.56. The SMILES string of the molecule is COc1cc(C(=O)O)cc2c1nc(CN1CCN(c3cccc4c3O[C@@](C)(c3ccc(Cl)cn3)O4)[C@H]3CC[C@H]31)n2C[C@@H]1CCCO1. The van der Waals surface area contributed by atoms with Crippen molar-refractivity contribution in [1.29, 1.82) is 0 Å². The number of methoxy groups -OCH3 is 1. The van der Waals surface area contributed by atoms with Gasteiger partial charge in [0, 0.05) is 44.9 Å². The maximum atomic E-state index is 12.0. The molecule has 3 aliphatic heterocycles. The Hall–Kier alpha value is -4.06. The minimum Gasteiger partial charge on any atom is -0.494 e. The molecule has 12 heteroatoms. The molecule has 0 unspecified atom stereocenters. The van der Waals surface area contributed by atoms with Gasteiger partial charge in [-0.1, -0.05) is 17.7 Å². The van der Waals surface area contributed by atoms with Gasteiger partial charge in [0.25, 0.3) is 5.79 Å². The number of halogens is 1. The molecule has 1 N–H and O–H groups in total. The summed E-state index contributed by atoms with van der Waals surface area (Å²) >= 11 is 6.08. The number of imidazole rings is 1. The van der Waals surface area contributed by atoms with Gasteiger partial charge in [0.2, 0.25) is 0 Å². The van der Waals surface area contributed by atoms with Crippen molar-refractivity contribution in [3.05, 3.63) is 70.8 Å². The van der Waals surface area contributed by atoms with Crippen LogP contribution in [0.4, 0.5) is 5.69 Å². The highest BCUT2D eigenvalue weighted by atomic mass is 35.5. The van der Waals surface area contributed by atoms with Crippen molar-refractivity contribution in [2.24, 2.45) is 0 Å². The van der Waals surface area contributed by atoms with Crippen LogP contribution >= 0.6 is 11.6 Å². The quantitative estimate of drug-likeness (QED) is 0.265. The first kappa shape index (κ1) is 29.3. The monoisotopic (exact) mass is 645 g/mol. The molecule has 0 bridgehead atoms. The summed E-state index contributed by atoms with van der Waals surface area (Å²) in [5.41, 5.74) is 3.31. The lowest BCUT2D eigenvalue weighted by molar-refractivity contribution is -0.0717. The Morgan fingerprint density at radius 2 is 2.00 bits per heavy atom. The van der Waals surface area contributed by atoms with Crippen LogP contribution in [0.5, 0.6) is 17.2 Å². The Kier molecular flexibility index (Phi) is 7.23. The standard InChI is InChI=1S/C34H36ClN5O6/c1-34(29-11-8-21(35)17-36-29)45-27-7-3-6-25(32(27)46-34)39-13-12-38(23-9-10-24(23)39)19-30-37-31-26(40(30)18-22-5-4-14-44-22)15-20(33(41)42)16-28(31)43-2/h3,6-8,11,15-17,22-24H,4-5,9-10,12-14,18-19H2,1-2H3,(H,41,42)/t22-,23+,24-,34-/m0/s1. The van der Waals surface area contributed by atoms with Gasteiger partial charge in [-0.25, -0.2) is 9.78 Å². The number of pyridine rings is 1. The number of ether oxygens (including phenoxy) is 4. The number of benzene rings is 2. The van der Waals surface area contributed by atoms with Crippen LogP contribution in [0.25, 0.3) is 11.0 Å². The van der Waals surface area contributed by atoms with Crippen molar-refractivity contribution in [2.75, 3.05) is 31.7 Å². The molecule has 4 aromatic rings. The molecule has 2 aromatic heterocycles. The van der Waals surface area contributed by atoms with Crippen LogP contribution in [0, 0.1) is 0 Å². The Morgan fingerprint density at radius 3 is 2.72 bits per heavy atom. The van der Waals surface area contributed by atoms with Gasteiger partial charge < -0.3 is 33.5 Å². The Labute approximate surface area is 271 Å². The van der Waals surface area contributed by atoms with E-state index in [1.807, 2.05) is 25.1 Å². The van der Waals surface area contributed by atoms with Crippen LogP contribution < -0.4 is 19.1 Å². The maximum Gasteiger partial charge on any atom is 0.335 e. The Morgan fingerprint density at radius 1 is 1.13 bits per heavy atom. The zero-order chi connectivity index (χ0) is 31.6. The number of carboxylic acid groups (broad SMARTS) is 1. The third kappa shape index (κ3) is 4.92. The first-order chi connectivity index (χ1) is 22.3. The first-order valence-corrected chi connectivity index (χ1v) is 16.2. The molecule has 46 heavy (non-hydrogen) atoms. The number of aromatic carboxylic acids is 1. The van der Waals surface area contributed by atoms with Gasteiger partial charge >= 0.3 is 5.97 Å². The molecular weight excluding hydrogens is 610 g/mol. The smallest absolute Gasteiger partial charge is 0.335 e. The lowest BCUT2D eigenvalue weighted by Gasteiger charge is -2.54. The van der Waals surface area contributed by atoms with Crippen LogP contribution in [-0.2, 0) is 23.6 Å². The number of aromatic nitrogens is 3. The van der Waals surface area contributed by atoms with E-state index in [-0.39, 0.29) is 11.7 Å². The Balaban J connectivity index is 1.07. The highest BCUT2D eigenvalue weighted by molar-refractivity contribution is 6.30. The van der Waals surface area contributed by atoms with E-state index in [1.165, 1.54) is 0 Å². The molecule has 240 valence electrons. The van der Waals surface area contributed by atoms with Gasteiger partial charge in [0.05, 0.1) is 48.1 Å². The van der Waals surface area contributed by atoms with E-state index in [2.05, 4.69) is 25.4 Å². The Bertz CT molecular complexity index is 1810. The molecule has 4 atom stereocenters. The molecule has 0 spiro atoms. The van der Waals surface area contributed by atoms with Gasteiger partial charge in [0.1, 0.15) is 22.8 Å². The number of hydrogen-bond donors (Lipinski definition) is 1. The molecule has 3 fully saturated rings. The highest BCUT2D eigenvalue weighted by Gasteiger charge is 2.47. The fourth-order valence-corrected chi connectivity index (χ4v) is 7.53. The fourth-order valence-electron chi connectivity index (χ4n) is 7.42. The number of carbonyl (C=O) groups is 1. The molecule has 1 aliphatic carbocycles. The molecule has 0 radical (unpaired) electrons. The number of piperazine rings is 1. The van der Waals surface area contributed by atoms with Crippen molar-refractivity contribution < 1.29 is 28.8 Å². The topological polar surface area (TPSA) is 111 Å². The van der Waals surface area contributed by atoms with Crippen molar-refractivity contribution in [3.8, 4) is 17.2 Å². The number of anilines is 1. The summed E-state index contributed by atoms with van der Waals surface area (Å²) in [4.78, 5) is 26.5. The third-order valence-corrected chi connectivity index (χ3v) is 10.1. The molecule has 4 aliphatic rings.